The van der Waals surface area contributed by atoms with Gasteiger partial charge in [0, 0.05) is 0 Å². The van der Waals surface area contributed by atoms with Crippen molar-refractivity contribution in [3.63, 3.8) is 0 Å². The van der Waals surface area contributed by atoms with Gasteiger partial charge in [-0.2, -0.15) is 0 Å². The van der Waals surface area contributed by atoms with Crippen molar-refractivity contribution in [2.24, 2.45) is 0 Å². The fraction of sp³-hybridized carbons (Fsp3) is 0.188. The van der Waals surface area contributed by atoms with Gasteiger partial charge in [-0.05, 0) is 36.6 Å². The van der Waals surface area contributed by atoms with Crippen LogP contribution in [0.15, 0.2) is 54.6 Å². The zero-order valence-electron chi connectivity index (χ0n) is 10.7. The lowest BCUT2D eigenvalue weighted by atomic mass is 9.91. The smallest absolute Gasteiger partial charge is 0.207 e. The Morgan fingerprint density at radius 3 is 2.28 bits per heavy atom. The van der Waals surface area contributed by atoms with Crippen molar-refractivity contribution in [1.29, 1.82) is 0 Å². The van der Waals surface area contributed by atoms with Crippen molar-refractivity contribution in [3.8, 4) is 11.1 Å². The normalized spacial score (nSPS) is 11.0. The van der Waals surface area contributed by atoms with Crippen molar-refractivity contribution in [2.45, 2.75) is 19.4 Å². The van der Waals surface area contributed by atoms with Gasteiger partial charge in [-0.1, -0.05) is 48.5 Å². The van der Waals surface area contributed by atoms with Gasteiger partial charge in [-0.15, -0.1) is 0 Å². The molecule has 18 heavy (non-hydrogen) atoms. The minimum atomic E-state index is -0.355. The first kappa shape index (κ1) is 12.4. The number of benzene rings is 2. The highest BCUT2D eigenvalue weighted by Crippen LogP contribution is 2.25. The summed E-state index contributed by atoms with van der Waals surface area (Å²) in [7, 11) is 0. The molecule has 2 aromatic rings. The second kappa shape index (κ2) is 5.05. The van der Waals surface area contributed by atoms with Crippen molar-refractivity contribution < 1.29 is 4.79 Å². The molecule has 0 spiro atoms. The Balaban J connectivity index is 2.40. The second-order valence-corrected chi connectivity index (χ2v) is 4.83. The number of rotatable bonds is 4. The summed E-state index contributed by atoms with van der Waals surface area (Å²) in [4.78, 5) is 10.6. The predicted molar refractivity (Wildman–Crippen MR) is 74.1 cm³/mol. The average molecular weight is 239 g/mol. The molecule has 0 atom stereocenters. The van der Waals surface area contributed by atoms with E-state index in [1.54, 1.807) is 0 Å². The van der Waals surface area contributed by atoms with Gasteiger partial charge in [0.2, 0.25) is 6.41 Å². The van der Waals surface area contributed by atoms with Gasteiger partial charge >= 0.3 is 0 Å². The quantitative estimate of drug-likeness (QED) is 0.815. The zero-order chi connectivity index (χ0) is 13.0. The van der Waals surface area contributed by atoms with Crippen LogP contribution in [0.5, 0.6) is 0 Å². The minimum Gasteiger partial charge on any atom is -0.350 e. The Kier molecular flexibility index (Phi) is 3.47. The van der Waals surface area contributed by atoms with E-state index in [-0.39, 0.29) is 5.54 Å². The van der Waals surface area contributed by atoms with Gasteiger partial charge in [0.25, 0.3) is 0 Å². The average Bonchev–Trinajstić information content (AvgIpc) is 2.40. The summed E-state index contributed by atoms with van der Waals surface area (Å²) in [5.74, 6) is 0. The lowest BCUT2D eigenvalue weighted by Gasteiger charge is -2.25. The Labute approximate surface area is 108 Å². The fourth-order valence-electron chi connectivity index (χ4n) is 1.95. The highest BCUT2D eigenvalue weighted by Gasteiger charge is 2.19. The first-order valence-electron chi connectivity index (χ1n) is 6.01. The second-order valence-electron chi connectivity index (χ2n) is 4.83. The van der Waals surface area contributed by atoms with Crippen LogP contribution >= 0.6 is 0 Å². The molecular weight excluding hydrogens is 222 g/mol. The highest BCUT2D eigenvalue weighted by atomic mass is 16.1. The van der Waals surface area contributed by atoms with Gasteiger partial charge in [0.05, 0.1) is 5.54 Å². The maximum absolute atomic E-state index is 10.6. The van der Waals surface area contributed by atoms with Crippen LogP contribution in [0.2, 0.25) is 0 Å². The summed E-state index contributed by atoms with van der Waals surface area (Å²) >= 11 is 0. The van der Waals surface area contributed by atoms with Crippen LogP contribution in [0.3, 0.4) is 0 Å². The maximum Gasteiger partial charge on any atom is 0.207 e. The first-order chi connectivity index (χ1) is 8.63. The fourth-order valence-corrected chi connectivity index (χ4v) is 1.95. The lowest BCUT2D eigenvalue weighted by molar-refractivity contribution is -0.111. The molecule has 92 valence electrons. The predicted octanol–water partition coefficient (Wildman–Crippen LogP) is 3.33. The van der Waals surface area contributed by atoms with Gasteiger partial charge in [0.15, 0.2) is 0 Å². The SMILES string of the molecule is CC(C)(NC=O)c1cccc(-c2ccccc2)c1. The Hall–Kier alpha value is -2.09. The van der Waals surface area contributed by atoms with Crippen LogP contribution in [-0.2, 0) is 10.3 Å². The summed E-state index contributed by atoms with van der Waals surface area (Å²) in [5, 5.41) is 2.84. The van der Waals surface area contributed by atoms with E-state index in [4.69, 9.17) is 0 Å². The number of carbonyl (C=O) groups excluding carboxylic acids is 1. The number of hydrogen-bond acceptors (Lipinski definition) is 1. The molecule has 0 aromatic heterocycles. The van der Waals surface area contributed by atoms with Gasteiger partial charge in [-0.25, -0.2) is 0 Å². The first-order valence-corrected chi connectivity index (χ1v) is 6.01. The van der Waals surface area contributed by atoms with Crippen LogP contribution in [-0.4, -0.2) is 6.41 Å². The summed E-state index contributed by atoms with van der Waals surface area (Å²) in [6.07, 6.45) is 0.745. The summed E-state index contributed by atoms with van der Waals surface area (Å²) < 4.78 is 0. The third-order valence-corrected chi connectivity index (χ3v) is 3.11. The molecule has 0 fully saturated rings. The van der Waals surface area contributed by atoms with Crippen LogP contribution in [0.1, 0.15) is 19.4 Å². The third kappa shape index (κ3) is 2.59. The number of hydrogen-bond donors (Lipinski definition) is 1. The lowest BCUT2D eigenvalue weighted by Crippen LogP contribution is -2.35. The molecule has 2 aromatic carbocycles. The minimum absolute atomic E-state index is 0.355. The van der Waals surface area contributed by atoms with E-state index in [0.29, 0.717) is 0 Å². The molecule has 0 saturated carbocycles. The van der Waals surface area contributed by atoms with Gasteiger partial charge < -0.3 is 5.32 Å². The monoisotopic (exact) mass is 239 g/mol. The molecule has 1 amide bonds. The van der Waals surface area contributed by atoms with Crippen LogP contribution in [0, 0.1) is 0 Å². The molecule has 0 aliphatic carbocycles. The van der Waals surface area contributed by atoms with Crippen molar-refractivity contribution in [3.05, 3.63) is 60.2 Å². The van der Waals surface area contributed by atoms with Crippen molar-refractivity contribution >= 4 is 6.41 Å². The van der Waals surface area contributed by atoms with Crippen LogP contribution < -0.4 is 5.32 Å². The molecule has 0 heterocycles. The van der Waals surface area contributed by atoms with Crippen LogP contribution in [0.4, 0.5) is 0 Å². The molecule has 0 saturated heterocycles. The zero-order valence-corrected chi connectivity index (χ0v) is 10.7. The summed E-state index contributed by atoms with van der Waals surface area (Å²) in [5.41, 5.74) is 3.08. The van der Waals surface area contributed by atoms with Crippen molar-refractivity contribution in [2.75, 3.05) is 0 Å². The van der Waals surface area contributed by atoms with E-state index in [2.05, 4.69) is 29.6 Å². The van der Waals surface area contributed by atoms with Crippen LogP contribution in [0.25, 0.3) is 11.1 Å². The molecule has 2 nitrogen and oxygen atoms in total. The summed E-state index contributed by atoms with van der Waals surface area (Å²) in [6.45, 7) is 3.98. The molecule has 0 bridgehead atoms. The largest absolute Gasteiger partial charge is 0.350 e. The van der Waals surface area contributed by atoms with E-state index < -0.39 is 0 Å². The molecule has 0 radical (unpaired) electrons. The molecule has 0 aliphatic rings. The molecule has 2 rings (SSSR count). The van der Waals surface area contributed by atoms with E-state index >= 15 is 0 Å². The summed E-state index contributed by atoms with van der Waals surface area (Å²) in [6, 6.07) is 18.5. The van der Waals surface area contributed by atoms with Gasteiger partial charge in [-0.3, -0.25) is 4.79 Å². The highest BCUT2D eigenvalue weighted by molar-refractivity contribution is 5.64. The van der Waals surface area contributed by atoms with E-state index in [0.717, 1.165) is 17.5 Å². The number of carbonyl (C=O) groups is 1. The van der Waals surface area contributed by atoms with E-state index in [1.807, 2.05) is 44.2 Å². The van der Waals surface area contributed by atoms with Crippen molar-refractivity contribution in [1.82, 2.24) is 5.32 Å². The third-order valence-electron chi connectivity index (χ3n) is 3.11. The number of nitrogens with one attached hydrogen (secondary N) is 1. The van der Waals surface area contributed by atoms with E-state index in [9.17, 15) is 4.79 Å². The van der Waals surface area contributed by atoms with Gasteiger partial charge in [0.1, 0.15) is 0 Å². The number of amides is 1. The topological polar surface area (TPSA) is 29.1 Å². The Morgan fingerprint density at radius 2 is 1.61 bits per heavy atom. The molecule has 0 unspecified atom stereocenters. The molecule has 2 heteroatoms. The molecule has 0 aliphatic heterocycles. The Bertz CT molecular complexity index is 532. The molecule has 1 N–H and O–H groups in total. The van der Waals surface area contributed by atoms with E-state index in [1.165, 1.54) is 5.56 Å². The maximum atomic E-state index is 10.6. The Morgan fingerprint density at radius 1 is 0.944 bits per heavy atom. The molecular formula is C16H17NO. The standard InChI is InChI=1S/C16H17NO/c1-16(2,17-12-18)15-10-6-9-14(11-15)13-7-4-3-5-8-13/h3-12H,1-2H3,(H,17,18).